The van der Waals surface area contributed by atoms with Gasteiger partial charge in [-0.15, -0.1) is 12.4 Å². The molecule has 1 amide bonds. The van der Waals surface area contributed by atoms with Crippen molar-refractivity contribution in [2.75, 3.05) is 13.2 Å². The van der Waals surface area contributed by atoms with Crippen LogP contribution in [0.1, 0.15) is 25.7 Å². The lowest BCUT2D eigenvalue weighted by Gasteiger charge is -2.25. The molecule has 0 saturated heterocycles. The van der Waals surface area contributed by atoms with Gasteiger partial charge in [-0.2, -0.15) is 0 Å². The summed E-state index contributed by atoms with van der Waals surface area (Å²) < 4.78 is 18.3. The van der Waals surface area contributed by atoms with Crippen LogP contribution in [0.15, 0.2) is 24.3 Å². The number of carbonyl (C=O) groups excluding carboxylic acids is 1. The average molecular weight is 317 g/mol. The van der Waals surface area contributed by atoms with Crippen LogP contribution in [0.2, 0.25) is 0 Å². The van der Waals surface area contributed by atoms with Gasteiger partial charge in [-0.25, -0.2) is 4.39 Å². The zero-order chi connectivity index (χ0) is 14.4. The zero-order valence-electron chi connectivity index (χ0n) is 11.9. The van der Waals surface area contributed by atoms with Gasteiger partial charge in [-0.1, -0.05) is 12.5 Å². The summed E-state index contributed by atoms with van der Waals surface area (Å²) in [6.45, 7) is 0.745. The van der Waals surface area contributed by atoms with E-state index in [1.807, 2.05) is 0 Å². The Hall–Kier alpha value is -1.33. The Morgan fingerprint density at radius 2 is 2.24 bits per heavy atom. The van der Waals surface area contributed by atoms with Crippen LogP contribution >= 0.6 is 12.4 Å². The molecule has 1 saturated carbocycles. The Bertz CT molecular complexity index is 459. The number of hydrogen-bond donors (Lipinski definition) is 2. The summed E-state index contributed by atoms with van der Waals surface area (Å²) in [7, 11) is 0. The smallest absolute Gasteiger partial charge is 0.223 e. The molecule has 0 aliphatic heterocycles. The van der Waals surface area contributed by atoms with Gasteiger partial charge in [0.05, 0.1) is 6.54 Å². The molecule has 0 spiro atoms. The highest BCUT2D eigenvalue weighted by Gasteiger charge is 2.24. The van der Waals surface area contributed by atoms with Crippen LogP contribution < -0.4 is 15.8 Å². The molecule has 3 N–H and O–H groups in total. The van der Waals surface area contributed by atoms with Crippen LogP contribution in [0, 0.1) is 11.7 Å². The molecule has 1 aliphatic carbocycles. The Morgan fingerprint density at radius 1 is 1.43 bits per heavy atom. The van der Waals surface area contributed by atoms with Crippen molar-refractivity contribution in [1.82, 2.24) is 5.32 Å². The van der Waals surface area contributed by atoms with Crippen molar-refractivity contribution < 1.29 is 13.9 Å². The first-order chi connectivity index (χ1) is 9.65. The molecular formula is C15H22ClFN2O2. The highest BCUT2D eigenvalue weighted by molar-refractivity contribution is 5.85. The van der Waals surface area contributed by atoms with Gasteiger partial charge < -0.3 is 15.8 Å². The van der Waals surface area contributed by atoms with E-state index in [2.05, 4.69) is 5.32 Å². The van der Waals surface area contributed by atoms with Gasteiger partial charge in [0, 0.05) is 18.0 Å². The van der Waals surface area contributed by atoms with E-state index in [4.69, 9.17) is 10.5 Å². The first kappa shape index (κ1) is 17.7. The largest absolute Gasteiger partial charge is 0.492 e. The summed E-state index contributed by atoms with van der Waals surface area (Å²) in [5.41, 5.74) is 5.87. The standard InChI is InChI=1S/C15H21FN2O2.ClH/c16-12-4-2-6-14(10-12)20-8-7-18-15(19)11-3-1-5-13(17)9-11;/h2,4,6,10-11,13H,1,3,5,7-9,17H2,(H,18,19);1H. The number of benzene rings is 1. The van der Waals surface area contributed by atoms with Crippen LogP contribution in [-0.2, 0) is 4.79 Å². The third-order valence-electron chi connectivity index (χ3n) is 3.55. The van der Waals surface area contributed by atoms with Crippen molar-refractivity contribution in [3.8, 4) is 5.75 Å². The topological polar surface area (TPSA) is 64.4 Å². The number of rotatable bonds is 5. The lowest BCUT2D eigenvalue weighted by atomic mass is 9.85. The molecule has 1 fully saturated rings. The van der Waals surface area contributed by atoms with Gasteiger partial charge in [0.15, 0.2) is 0 Å². The zero-order valence-corrected chi connectivity index (χ0v) is 12.7. The summed E-state index contributed by atoms with van der Waals surface area (Å²) in [4.78, 5) is 11.9. The van der Waals surface area contributed by atoms with Crippen molar-refractivity contribution >= 4 is 18.3 Å². The molecular weight excluding hydrogens is 295 g/mol. The number of carbonyl (C=O) groups is 1. The van der Waals surface area contributed by atoms with Gasteiger partial charge in [-0.05, 0) is 31.4 Å². The average Bonchev–Trinajstić information content (AvgIpc) is 2.43. The van der Waals surface area contributed by atoms with E-state index in [0.29, 0.717) is 18.9 Å². The number of amides is 1. The lowest BCUT2D eigenvalue weighted by Crippen LogP contribution is -2.39. The lowest BCUT2D eigenvalue weighted by molar-refractivity contribution is -0.126. The van der Waals surface area contributed by atoms with E-state index in [1.165, 1.54) is 12.1 Å². The Balaban J connectivity index is 0.00000220. The van der Waals surface area contributed by atoms with Crippen LogP contribution in [0.3, 0.4) is 0 Å². The van der Waals surface area contributed by atoms with Gasteiger partial charge >= 0.3 is 0 Å². The van der Waals surface area contributed by atoms with E-state index in [9.17, 15) is 9.18 Å². The Kier molecular flexibility index (Phi) is 7.47. The molecule has 0 bridgehead atoms. The molecule has 4 nitrogen and oxygen atoms in total. The van der Waals surface area contributed by atoms with Gasteiger partial charge in [-0.3, -0.25) is 4.79 Å². The minimum Gasteiger partial charge on any atom is -0.492 e. The predicted octanol–water partition coefficient (Wildman–Crippen LogP) is 2.26. The molecule has 0 heterocycles. The van der Waals surface area contributed by atoms with Crippen molar-refractivity contribution in [1.29, 1.82) is 0 Å². The van der Waals surface area contributed by atoms with Crippen molar-refractivity contribution in [3.63, 3.8) is 0 Å². The maximum Gasteiger partial charge on any atom is 0.223 e. The molecule has 1 aromatic carbocycles. The van der Waals surface area contributed by atoms with Crippen molar-refractivity contribution in [2.45, 2.75) is 31.7 Å². The van der Waals surface area contributed by atoms with Crippen LogP contribution in [-0.4, -0.2) is 25.1 Å². The molecule has 1 aromatic rings. The second-order valence-corrected chi connectivity index (χ2v) is 5.22. The third kappa shape index (κ3) is 5.89. The summed E-state index contributed by atoms with van der Waals surface area (Å²) in [6.07, 6.45) is 3.69. The van der Waals surface area contributed by atoms with E-state index in [0.717, 1.165) is 25.7 Å². The molecule has 2 rings (SSSR count). The predicted molar refractivity (Wildman–Crippen MR) is 82.1 cm³/mol. The second-order valence-electron chi connectivity index (χ2n) is 5.22. The quantitative estimate of drug-likeness (QED) is 0.819. The highest BCUT2D eigenvalue weighted by Crippen LogP contribution is 2.23. The summed E-state index contributed by atoms with van der Waals surface area (Å²) in [6, 6.07) is 6.10. The molecule has 0 aromatic heterocycles. The monoisotopic (exact) mass is 316 g/mol. The number of nitrogens with one attached hydrogen (secondary N) is 1. The fourth-order valence-corrected chi connectivity index (χ4v) is 2.51. The van der Waals surface area contributed by atoms with Gasteiger partial charge in [0.1, 0.15) is 18.2 Å². The normalized spacial score (nSPS) is 21.2. The van der Waals surface area contributed by atoms with Crippen molar-refractivity contribution in [2.24, 2.45) is 11.7 Å². The first-order valence-electron chi connectivity index (χ1n) is 7.07. The van der Waals surface area contributed by atoms with E-state index >= 15 is 0 Å². The summed E-state index contributed by atoms with van der Waals surface area (Å²) in [5, 5.41) is 2.84. The van der Waals surface area contributed by atoms with E-state index in [1.54, 1.807) is 12.1 Å². The second kappa shape index (κ2) is 8.85. The van der Waals surface area contributed by atoms with Crippen LogP contribution in [0.4, 0.5) is 4.39 Å². The first-order valence-corrected chi connectivity index (χ1v) is 7.07. The van der Waals surface area contributed by atoms with Crippen molar-refractivity contribution in [3.05, 3.63) is 30.1 Å². The molecule has 6 heteroatoms. The minimum atomic E-state index is -0.331. The van der Waals surface area contributed by atoms with Crippen LogP contribution in [0.5, 0.6) is 5.75 Å². The molecule has 2 unspecified atom stereocenters. The summed E-state index contributed by atoms with van der Waals surface area (Å²) >= 11 is 0. The maximum absolute atomic E-state index is 12.9. The highest BCUT2D eigenvalue weighted by atomic mass is 35.5. The molecule has 118 valence electrons. The van der Waals surface area contributed by atoms with Crippen LogP contribution in [0.25, 0.3) is 0 Å². The third-order valence-corrected chi connectivity index (χ3v) is 3.55. The summed E-state index contributed by atoms with van der Waals surface area (Å²) in [5.74, 6) is 0.206. The number of halogens is 2. The molecule has 21 heavy (non-hydrogen) atoms. The SMILES string of the molecule is Cl.NC1CCCC(C(=O)NCCOc2cccc(F)c2)C1. The Labute approximate surface area is 130 Å². The fourth-order valence-electron chi connectivity index (χ4n) is 2.51. The van der Waals surface area contributed by atoms with Gasteiger partial charge in [0.25, 0.3) is 0 Å². The van der Waals surface area contributed by atoms with E-state index < -0.39 is 0 Å². The maximum atomic E-state index is 12.9. The number of ether oxygens (including phenoxy) is 1. The Morgan fingerprint density at radius 3 is 2.95 bits per heavy atom. The fraction of sp³-hybridized carbons (Fsp3) is 0.533. The molecule has 0 radical (unpaired) electrons. The van der Waals surface area contributed by atoms with Gasteiger partial charge in [0.2, 0.25) is 5.91 Å². The molecule has 2 atom stereocenters. The van der Waals surface area contributed by atoms with E-state index in [-0.39, 0.29) is 36.1 Å². The minimum absolute atomic E-state index is 0. The molecule has 1 aliphatic rings. The number of nitrogens with two attached hydrogens (primary N) is 1. The number of hydrogen-bond acceptors (Lipinski definition) is 3.